The quantitative estimate of drug-likeness (QED) is 0.827. The molecule has 3 nitrogen and oxygen atoms in total. The Labute approximate surface area is 102 Å². The fourth-order valence-corrected chi connectivity index (χ4v) is 4.19. The van der Waals surface area contributed by atoms with Crippen LogP contribution in [0.5, 0.6) is 0 Å². The second kappa shape index (κ2) is 4.61. The molecule has 17 heavy (non-hydrogen) atoms. The van der Waals surface area contributed by atoms with E-state index in [1.54, 1.807) is 6.07 Å². The average molecular weight is 252 g/mol. The molecule has 2 rings (SSSR count). The van der Waals surface area contributed by atoms with Crippen LogP contribution in [0.2, 0.25) is 0 Å². The number of carbonyl (C=O) groups excluding carboxylic acids is 1. The first-order valence-corrected chi connectivity index (χ1v) is 7.50. The third kappa shape index (κ3) is 2.75. The number of Topliss-reactive ketones (excluding diaryl/α,β-unsaturated/α-hetero) is 1. The highest BCUT2D eigenvalue weighted by Gasteiger charge is 2.35. The van der Waals surface area contributed by atoms with Gasteiger partial charge >= 0.3 is 0 Å². The first-order valence-electron chi connectivity index (χ1n) is 5.79. The molecule has 92 valence electrons. The van der Waals surface area contributed by atoms with E-state index < -0.39 is 15.1 Å². The summed E-state index contributed by atoms with van der Waals surface area (Å²) in [5.74, 6) is -0.136. The van der Waals surface area contributed by atoms with Crippen molar-refractivity contribution in [1.29, 1.82) is 0 Å². The standard InChI is InChI=1S/C13H16O3S/c1-10-4-2-5-11(8-10)9-17(15,16)13-7-3-6-12(13)14/h2,4-5,8,13H,3,6-7,9H2,1H3. The molecule has 0 spiro atoms. The molecule has 1 aliphatic carbocycles. The zero-order valence-electron chi connectivity index (χ0n) is 9.85. The van der Waals surface area contributed by atoms with Crippen LogP contribution in [-0.2, 0) is 20.4 Å². The number of carbonyl (C=O) groups is 1. The summed E-state index contributed by atoms with van der Waals surface area (Å²) in [7, 11) is -3.33. The molecule has 1 aromatic rings. The summed E-state index contributed by atoms with van der Waals surface area (Å²) in [6.07, 6.45) is 1.61. The Balaban J connectivity index is 2.20. The fraction of sp³-hybridized carbons (Fsp3) is 0.462. The molecule has 0 aliphatic heterocycles. The summed E-state index contributed by atoms with van der Waals surface area (Å²) in [4.78, 5) is 11.5. The molecule has 1 aliphatic rings. The summed E-state index contributed by atoms with van der Waals surface area (Å²) in [6.45, 7) is 1.93. The van der Waals surface area contributed by atoms with E-state index in [1.165, 1.54) is 0 Å². The number of sulfone groups is 1. The molecular formula is C13H16O3S. The normalized spacial score (nSPS) is 20.8. The minimum absolute atomic E-state index is 0.0227. The topological polar surface area (TPSA) is 51.2 Å². The van der Waals surface area contributed by atoms with Crippen LogP contribution in [0.4, 0.5) is 0 Å². The molecule has 0 radical (unpaired) electrons. The zero-order valence-corrected chi connectivity index (χ0v) is 10.7. The Hall–Kier alpha value is -1.16. The van der Waals surface area contributed by atoms with Gasteiger partial charge in [-0.05, 0) is 25.3 Å². The summed E-state index contributed by atoms with van der Waals surface area (Å²) in [5.41, 5.74) is 1.81. The Morgan fingerprint density at radius 3 is 2.71 bits per heavy atom. The highest BCUT2D eigenvalue weighted by Crippen LogP contribution is 2.24. The Morgan fingerprint density at radius 1 is 1.35 bits per heavy atom. The van der Waals surface area contributed by atoms with E-state index >= 15 is 0 Å². The maximum atomic E-state index is 12.1. The third-order valence-corrected chi connectivity index (χ3v) is 5.23. The lowest BCUT2D eigenvalue weighted by Gasteiger charge is -2.10. The monoisotopic (exact) mass is 252 g/mol. The van der Waals surface area contributed by atoms with Crippen LogP contribution in [0, 0.1) is 6.92 Å². The molecule has 0 amide bonds. The number of hydrogen-bond acceptors (Lipinski definition) is 3. The van der Waals surface area contributed by atoms with Gasteiger partial charge in [0, 0.05) is 6.42 Å². The number of rotatable bonds is 3. The summed E-state index contributed by atoms with van der Waals surface area (Å²) in [5, 5.41) is -0.761. The number of benzene rings is 1. The average Bonchev–Trinajstić information content (AvgIpc) is 2.64. The first kappa shape index (κ1) is 12.3. The second-order valence-corrected chi connectivity index (χ2v) is 6.83. The van der Waals surface area contributed by atoms with Crippen LogP contribution >= 0.6 is 0 Å². The van der Waals surface area contributed by atoms with Gasteiger partial charge in [0.2, 0.25) is 0 Å². The van der Waals surface area contributed by atoms with Crippen molar-refractivity contribution in [2.75, 3.05) is 0 Å². The molecule has 0 aromatic heterocycles. The van der Waals surface area contributed by atoms with Crippen LogP contribution in [-0.4, -0.2) is 19.5 Å². The number of ketones is 1. The molecule has 1 atom stereocenters. The molecule has 0 heterocycles. The lowest BCUT2D eigenvalue weighted by Crippen LogP contribution is -2.26. The smallest absolute Gasteiger partial charge is 0.164 e. The second-order valence-electron chi connectivity index (χ2n) is 4.64. The van der Waals surface area contributed by atoms with Crippen LogP contribution in [0.3, 0.4) is 0 Å². The molecule has 4 heteroatoms. The van der Waals surface area contributed by atoms with Crippen LogP contribution in [0.15, 0.2) is 24.3 Å². The maximum Gasteiger partial charge on any atom is 0.164 e. The van der Waals surface area contributed by atoms with Gasteiger partial charge in [0.05, 0.1) is 5.75 Å². The molecule has 1 saturated carbocycles. The van der Waals surface area contributed by atoms with Crippen molar-refractivity contribution in [2.45, 2.75) is 37.2 Å². The van der Waals surface area contributed by atoms with Crippen molar-refractivity contribution in [3.8, 4) is 0 Å². The maximum absolute atomic E-state index is 12.1. The first-order chi connectivity index (χ1) is 7.99. The van der Waals surface area contributed by atoms with Gasteiger partial charge in [0.15, 0.2) is 15.6 Å². The van der Waals surface area contributed by atoms with E-state index in [0.717, 1.165) is 11.1 Å². The van der Waals surface area contributed by atoms with Gasteiger partial charge in [0.1, 0.15) is 5.25 Å². The third-order valence-electron chi connectivity index (χ3n) is 3.13. The molecule has 1 unspecified atom stereocenters. The van der Waals surface area contributed by atoms with Gasteiger partial charge in [-0.25, -0.2) is 8.42 Å². The van der Waals surface area contributed by atoms with E-state index in [9.17, 15) is 13.2 Å². The van der Waals surface area contributed by atoms with Gasteiger partial charge in [-0.2, -0.15) is 0 Å². The van der Waals surface area contributed by atoms with E-state index in [4.69, 9.17) is 0 Å². The van der Waals surface area contributed by atoms with Crippen molar-refractivity contribution in [2.24, 2.45) is 0 Å². The lowest BCUT2D eigenvalue weighted by molar-refractivity contribution is -0.117. The number of aryl methyl sites for hydroxylation is 1. The summed E-state index contributed by atoms with van der Waals surface area (Å²) >= 11 is 0. The highest BCUT2D eigenvalue weighted by molar-refractivity contribution is 7.92. The van der Waals surface area contributed by atoms with Crippen LogP contribution in [0.1, 0.15) is 30.4 Å². The summed E-state index contributed by atoms with van der Waals surface area (Å²) in [6, 6.07) is 7.43. The van der Waals surface area contributed by atoms with Crippen molar-refractivity contribution in [1.82, 2.24) is 0 Å². The van der Waals surface area contributed by atoms with Gasteiger partial charge < -0.3 is 0 Å². The predicted octanol–water partition coefficient (Wildman–Crippen LogP) is 2.03. The van der Waals surface area contributed by atoms with Crippen LogP contribution < -0.4 is 0 Å². The highest BCUT2D eigenvalue weighted by atomic mass is 32.2. The SMILES string of the molecule is Cc1cccc(CS(=O)(=O)C2CCCC2=O)c1. The van der Waals surface area contributed by atoms with Crippen molar-refractivity contribution < 1.29 is 13.2 Å². The molecule has 0 saturated heterocycles. The Bertz CT molecular complexity index is 531. The molecule has 0 N–H and O–H groups in total. The van der Waals surface area contributed by atoms with E-state index in [-0.39, 0.29) is 11.5 Å². The lowest BCUT2D eigenvalue weighted by atomic mass is 10.2. The van der Waals surface area contributed by atoms with E-state index in [0.29, 0.717) is 19.3 Å². The Morgan fingerprint density at radius 2 is 2.12 bits per heavy atom. The van der Waals surface area contributed by atoms with Crippen LogP contribution in [0.25, 0.3) is 0 Å². The summed E-state index contributed by atoms with van der Waals surface area (Å²) < 4.78 is 24.2. The van der Waals surface area contributed by atoms with Crippen molar-refractivity contribution in [3.63, 3.8) is 0 Å². The van der Waals surface area contributed by atoms with Gasteiger partial charge in [-0.1, -0.05) is 29.8 Å². The van der Waals surface area contributed by atoms with Gasteiger partial charge in [-0.3, -0.25) is 4.79 Å². The molecule has 0 bridgehead atoms. The minimum Gasteiger partial charge on any atom is -0.298 e. The van der Waals surface area contributed by atoms with Gasteiger partial charge in [-0.15, -0.1) is 0 Å². The van der Waals surface area contributed by atoms with Gasteiger partial charge in [0.25, 0.3) is 0 Å². The zero-order chi connectivity index (χ0) is 12.5. The largest absolute Gasteiger partial charge is 0.298 e. The predicted molar refractivity (Wildman–Crippen MR) is 66.4 cm³/mol. The Kier molecular flexibility index (Phi) is 3.33. The number of hydrogen-bond donors (Lipinski definition) is 0. The van der Waals surface area contributed by atoms with E-state index in [1.807, 2.05) is 25.1 Å². The molecule has 1 fully saturated rings. The fourth-order valence-electron chi connectivity index (χ4n) is 2.30. The molecular weight excluding hydrogens is 236 g/mol. The van der Waals surface area contributed by atoms with E-state index in [2.05, 4.69) is 0 Å². The minimum atomic E-state index is -3.33. The van der Waals surface area contributed by atoms with Crippen molar-refractivity contribution in [3.05, 3.63) is 35.4 Å². The molecule has 1 aromatic carbocycles. The van der Waals surface area contributed by atoms with Crippen molar-refractivity contribution >= 4 is 15.6 Å².